The second-order valence-corrected chi connectivity index (χ2v) is 10.3. The van der Waals surface area contributed by atoms with Crippen molar-refractivity contribution < 1.29 is 9.59 Å². The summed E-state index contributed by atoms with van der Waals surface area (Å²) in [6.07, 6.45) is 7.06. The molecule has 1 aliphatic heterocycles. The molecule has 4 bridgehead atoms. The maximum atomic E-state index is 13.1. The number of piperazine rings is 1. The summed E-state index contributed by atoms with van der Waals surface area (Å²) >= 11 is 0. The molecule has 1 saturated heterocycles. The molecule has 0 unspecified atom stereocenters. The fourth-order valence-electron chi connectivity index (χ4n) is 6.94. The predicted octanol–water partition coefficient (Wildman–Crippen LogP) is 2.54. The number of nitriles is 1. The van der Waals surface area contributed by atoms with E-state index in [1.807, 2.05) is 29.2 Å². The summed E-state index contributed by atoms with van der Waals surface area (Å²) < 4.78 is 0. The Kier molecular flexibility index (Phi) is 5.47. The number of hydrogen-bond acceptors (Lipinski definition) is 4. The molecule has 0 spiro atoms. The lowest BCUT2D eigenvalue weighted by Gasteiger charge is -2.55. The predicted molar refractivity (Wildman–Crippen MR) is 117 cm³/mol. The molecule has 1 heterocycles. The highest BCUT2D eigenvalue weighted by Crippen LogP contribution is 2.60. The smallest absolute Gasteiger partial charge is 0.242 e. The van der Waals surface area contributed by atoms with Gasteiger partial charge in [0.1, 0.15) is 0 Å². The van der Waals surface area contributed by atoms with Gasteiger partial charge in [-0.05, 0) is 74.0 Å². The first-order chi connectivity index (χ1) is 15.0. The van der Waals surface area contributed by atoms with Crippen LogP contribution in [0.1, 0.15) is 49.7 Å². The third kappa shape index (κ3) is 4.21. The average Bonchev–Trinajstić information content (AvgIpc) is 2.77. The minimum Gasteiger partial charge on any atom is -0.347 e. The summed E-state index contributed by atoms with van der Waals surface area (Å²) in [6, 6.07) is 9.83. The van der Waals surface area contributed by atoms with Crippen molar-refractivity contribution in [3.63, 3.8) is 0 Å². The van der Waals surface area contributed by atoms with E-state index in [-0.39, 0.29) is 23.8 Å². The second kappa shape index (κ2) is 8.27. The van der Waals surface area contributed by atoms with Crippen LogP contribution in [0.2, 0.25) is 0 Å². The Morgan fingerprint density at radius 3 is 2.10 bits per heavy atom. The summed E-state index contributed by atoms with van der Waals surface area (Å²) in [6.45, 7) is 4.01. The van der Waals surface area contributed by atoms with E-state index in [1.54, 1.807) is 0 Å². The molecule has 6 nitrogen and oxygen atoms in total. The van der Waals surface area contributed by atoms with Crippen molar-refractivity contribution >= 4 is 11.8 Å². The number of rotatable bonds is 5. The summed E-state index contributed by atoms with van der Waals surface area (Å²) in [4.78, 5) is 30.0. The van der Waals surface area contributed by atoms with E-state index < -0.39 is 0 Å². The van der Waals surface area contributed by atoms with Crippen molar-refractivity contribution in [1.82, 2.24) is 15.1 Å². The molecule has 6 heteroatoms. The number of hydrogen-bond donors (Lipinski definition) is 1. The number of benzene rings is 1. The summed E-state index contributed by atoms with van der Waals surface area (Å²) in [5.74, 6) is 2.38. The van der Waals surface area contributed by atoms with E-state index in [4.69, 9.17) is 5.26 Å². The van der Waals surface area contributed by atoms with Crippen LogP contribution >= 0.6 is 0 Å². The standard InChI is InChI=1S/C25H32N4O2/c26-15-18-1-3-19(4-2-18)17-28-5-7-29(8-6-28)23(30)16-27-24(31)25-12-20-9-21(13-25)11-22(10-20)14-25/h1-4,20-22H,5-14,16-17H2,(H,27,31). The van der Waals surface area contributed by atoms with Crippen LogP contribution in [0.5, 0.6) is 0 Å². The lowest BCUT2D eigenvalue weighted by molar-refractivity contribution is -0.148. The van der Waals surface area contributed by atoms with Gasteiger partial charge in [-0.2, -0.15) is 5.26 Å². The molecule has 0 radical (unpaired) electrons. The molecule has 31 heavy (non-hydrogen) atoms. The minimum atomic E-state index is -0.186. The van der Waals surface area contributed by atoms with Gasteiger partial charge in [0.15, 0.2) is 0 Å². The SMILES string of the molecule is N#Cc1ccc(CN2CCN(C(=O)CNC(=O)C34CC5CC(CC(C5)C3)C4)CC2)cc1. The normalized spacial score (nSPS) is 32.0. The first kappa shape index (κ1) is 20.5. The van der Waals surface area contributed by atoms with Crippen molar-refractivity contribution in [2.75, 3.05) is 32.7 Å². The zero-order chi connectivity index (χ0) is 21.4. The lowest BCUT2D eigenvalue weighted by atomic mass is 9.49. The van der Waals surface area contributed by atoms with Gasteiger partial charge in [-0.25, -0.2) is 0 Å². The monoisotopic (exact) mass is 420 g/mol. The van der Waals surface area contributed by atoms with Crippen LogP contribution in [-0.4, -0.2) is 54.3 Å². The Morgan fingerprint density at radius 2 is 1.55 bits per heavy atom. The van der Waals surface area contributed by atoms with Crippen molar-refractivity contribution in [3.05, 3.63) is 35.4 Å². The van der Waals surface area contributed by atoms with Gasteiger partial charge >= 0.3 is 0 Å². The van der Waals surface area contributed by atoms with Gasteiger partial charge in [-0.1, -0.05) is 12.1 Å². The molecule has 164 valence electrons. The molecule has 0 atom stereocenters. The van der Waals surface area contributed by atoms with Crippen molar-refractivity contribution in [1.29, 1.82) is 5.26 Å². The molecular weight excluding hydrogens is 388 g/mol. The van der Waals surface area contributed by atoms with E-state index >= 15 is 0 Å². The maximum absolute atomic E-state index is 13.1. The van der Waals surface area contributed by atoms with Crippen molar-refractivity contribution in [2.45, 2.75) is 45.1 Å². The van der Waals surface area contributed by atoms with Gasteiger partial charge in [0, 0.05) is 38.1 Å². The molecule has 1 N–H and O–H groups in total. The van der Waals surface area contributed by atoms with Gasteiger partial charge in [-0.3, -0.25) is 14.5 Å². The highest BCUT2D eigenvalue weighted by Gasteiger charge is 2.54. The minimum absolute atomic E-state index is 0.0381. The molecule has 5 fully saturated rings. The van der Waals surface area contributed by atoms with E-state index in [0.717, 1.165) is 56.7 Å². The largest absolute Gasteiger partial charge is 0.347 e. The molecular formula is C25H32N4O2. The van der Waals surface area contributed by atoms with Crippen LogP contribution in [-0.2, 0) is 16.1 Å². The van der Waals surface area contributed by atoms with Crippen LogP contribution in [0.15, 0.2) is 24.3 Å². The van der Waals surface area contributed by atoms with Gasteiger partial charge in [-0.15, -0.1) is 0 Å². The Balaban J connectivity index is 1.08. The molecule has 4 aliphatic carbocycles. The van der Waals surface area contributed by atoms with Gasteiger partial charge in [0.25, 0.3) is 0 Å². The number of carbonyl (C=O) groups is 2. The van der Waals surface area contributed by atoms with Gasteiger partial charge in [0.05, 0.1) is 18.2 Å². The lowest BCUT2D eigenvalue weighted by Crippen LogP contribution is -2.55. The Hall–Kier alpha value is -2.39. The first-order valence-electron chi connectivity index (χ1n) is 11.8. The molecule has 2 amide bonds. The zero-order valence-corrected chi connectivity index (χ0v) is 18.2. The van der Waals surface area contributed by atoms with E-state index in [0.29, 0.717) is 18.7 Å². The van der Waals surface area contributed by atoms with E-state index in [2.05, 4.69) is 16.3 Å². The average molecular weight is 421 g/mol. The van der Waals surface area contributed by atoms with Crippen LogP contribution in [0.25, 0.3) is 0 Å². The fraction of sp³-hybridized carbons (Fsp3) is 0.640. The quantitative estimate of drug-likeness (QED) is 0.794. The van der Waals surface area contributed by atoms with Crippen LogP contribution < -0.4 is 5.32 Å². The van der Waals surface area contributed by atoms with Crippen molar-refractivity contribution in [3.8, 4) is 6.07 Å². The van der Waals surface area contributed by atoms with Gasteiger partial charge in [0.2, 0.25) is 11.8 Å². The number of carbonyl (C=O) groups excluding carboxylic acids is 2. The second-order valence-electron chi connectivity index (χ2n) is 10.3. The topological polar surface area (TPSA) is 76.4 Å². The number of nitrogens with one attached hydrogen (secondary N) is 1. The molecule has 0 aromatic heterocycles. The number of nitrogens with zero attached hydrogens (tertiary/aromatic N) is 3. The van der Waals surface area contributed by atoms with Crippen molar-refractivity contribution in [2.24, 2.45) is 23.2 Å². The third-order valence-electron chi connectivity index (χ3n) is 8.13. The summed E-state index contributed by atoms with van der Waals surface area (Å²) in [5.41, 5.74) is 1.67. The fourth-order valence-corrected chi connectivity index (χ4v) is 6.94. The zero-order valence-electron chi connectivity index (χ0n) is 18.2. The highest BCUT2D eigenvalue weighted by atomic mass is 16.2. The Bertz CT molecular complexity index is 844. The molecule has 1 aromatic rings. The molecule has 4 saturated carbocycles. The van der Waals surface area contributed by atoms with Crippen LogP contribution in [0.3, 0.4) is 0 Å². The van der Waals surface area contributed by atoms with E-state index in [9.17, 15) is 9.59 Å². The Labute approximate surface area is 184 Å². The van der Waals surface area contributed by atoms with Gasteiger partial charge < -0.3 is 10.2 Å². The number of amides is 2. The molecule has 5 aliphatic rings. The maximum Gasteiger partial charge on any atom is 0.242 e. The third-order valence-corrected chi connectivity index (χ3v) is 8.13. The summed E-state index contributed by atoms with van der Waals surface area (Å²) in [5, 5.41) is 11.9. The molecule has 6 rings (SSSR count). The Morgan fingerprint density at radius 1 is 0.968 bits per heavy atom. The summed E-state index contributed by atoms with van der Waals surface area (Å²) in [7, 11) is 0. The van der Waals surface area contributed by atoms with E-state index in [1.165, 1.54) is 24.8 Å². The van der Waals surface area contributed by atoms with Crippen LogP contribution in [0.4, 0.5) is 0 Å². The first-order valence-corrected chi connectivity index (χ1v) is 11.8. The highest BCUT2D eigenvalue weighted by molar-refractivity contribution is 5.88. The van der Waals surface area contributed by atoms with Crippen LogP contribution in [0, 0.1) is 34.5 Å². The molecule has 1 aromatic carbocycles.